The number of ketones is 1. The molecule has 1 unspecified atom stereocenters. The van der Waals surface area contributed by atoms with Crippen molar-refractivity contribution >= 4 is 28.2 Å². The van der Waals surface area contributed by atoms with E-state index < -0.39 is 11.5 Å². The van der Waals surface area contributed by atoms with Crippen LogP contribution in [-0.4, -0.2) is 16.8 Å². The van der Waals surface area contributed by atoms with Gasteiger partial charge in [-0.25, -0.2) is 4.39 Å². The minimum absolute atomic E-state index is 0.169. The molecule has 4 nitrogen and oxygen atoms in total. The number of amides is 1. The topological polar surface area (TPSA) is 57.6 Å². The molecule has 4 aromatic carbocycles. The van der Waals surface area contributed by atoms with Gasteiger partial charge in [0.15, 0.2) is 11.4 Å². The molecule has 1 aliphatic heterocycles. The number of carbonyl (C=O) groups excluding carboxylic acids is 2. The fraction of sp³-hybridized carbons (Fsp3) is 0.111. The molecule has 0 aromatic heterocycles. The first-order valence-electron chi connectivity index (χ1n) is 10.4. The molecule has 0 aliphatic carbocycles. The van der Waals surface area contributed by atoms with E-state index in [1.54, 1.807) is 48.5 Å². The van der Waals surface area contributed by atoms with Crippen molar-refractivity contribution in [3.63, 3.8) is 0 Å². The number of anilines is 1. The highest BCUT2D eigenvalue weighted by atomic mass is 19.1. The van der Waals surface area contributed by atoms with Crippen molar-refractivity contribution in [3.8, 4) is 0 Å². The molecule has 5 rings (SSSR count). The zero-order valence-electron chi connectivity index (χ0n) is 17.2. The van der Waals surface area contributed by atoms with Crippen LogP contribution in [0.5, 0.6) is 0 Å². The summed E-state index contributed by atoms with van der Waals surface area (Å²) in [7, 11) is 0. The van der Waals surface area contributed by atoms with E-state index in [4.69, 9.17) is 0 Å². The second-order valence-corrected chi connectivity index (χ2v) is 8.06. The van der Waals surface area contributed by atoms with Gasteiger partial charge in [0.1, 0.15) is 5.82 Å². The van der Waals surface area contributed by atoms with Crippen molar-refractivity contribution in [2.75, 3.05) is 4.90 Å². The summed E-state index contributed by atoms with van der Waals surface area (Å²) < 4.78 is 13.3. The van der Waals surface area contributed by atoms with Crippen molar-refractivity contribution < 1.29 is 19.1 Å². The predicted molar refractivity (Wildman–Crippen MR) is 121 cm³/mol. The number of halogens is 1. The Bertz CT molecular complexity index is 1350. The average Bonchev–Trinajstić information content (AvgIpc) is 3.02. The average molecular weight is 425 g/mol. The Balaban J connectivity index is 1.47. The molecule has 0 radical (unpaired) electrons. The first kappa shape index (κ1) is 20.1. The summed E-state index contributed by atoms with van der Waals surface area (Å²) in [4.78, 5) is 28.0. The van der Waals surface area contributed by atoms with Crippen LogP contribution in [0.3, 0.4) is 0 Å². The number of hydrogen-bond donors (Lipinski definition) is 1. The first-order chi connectivity index (χ1) is 15.5. The van der Waals surface area contributed by atoms with Gasteiger partial charge in [-0.15, -0.1) is 0 Å². The van der Waals surface area contributed by atoms with E-state index >= 15 is 0 Å². The van der Waals surface area contributed by atoms with E-state index in [1.165, 1.54) is 17.0 Å². The molecule has 1 aliphatic rings. The molecule has 158 valence electrons. The third kappa shape index (κ3) is 3.37. The van der Waals surface area contributed by atoms with Crippen LogP contribution in [0, 0.1) is 5.82 Å². The summed E-state index contributed by atoms with van der Waals surface area (Å²) in [5.41, 5.74) is 0.162. The third-order valence-electron chi connectivity index (χ3n) is 5.98. The van der Waals surface area contributed by atoms with Gasteiger partial charge in [-0.1, -0.05) is 66.7 Å². The van der Waals surface area contributed by atoms with E-state index in [1.807, 2.05) is 30.3 Å². The fourth-order valence-corrected chi connectivity index (χ4v) is 4.30. The lowest BCUT2D eigenvalue weighted by molar-refractivity contribution is -0.136. The van der Waals surface area contributed by atoms with Crippen molar-refractivity contribution in [3.05, 3.63) is 114 Å². The van der Waals surface area contributed by atoms with Gasteiger partial charge in [-0.05, 0) is 40.6 Å². The molecular weight excluding hydrogens is 405 g/mol. The van der Waals surface area contributed by atoms with Crippen LogP contribution in [0.4, 0.5) is 10.1 Å². The maximum absolute atomic E-state index is 13.4. The zero-order chi connectivity index (χ0) is 22.3. The van der Waals surface area contributed by atoms with E-state index in [9.17, 15) is 19.1 Å². The summed E-state index contributed by atoms with van der Waals surface area (Å²) in [5.74, 6) is -1.23. The Morgan fingerprint density at radius 1 is 0.875 bits per heavy atom. The molecule has 0 fully saturated rings. The van der Waals surface area contributed by atoms with Gasteiger partial charge >= 0.3 is 0 Å². The maximum Gasteiger partial charge on any atom is 0.264 e. The largest absolute Gasteiger partial charge is 0.375 e. The van der Waals surface area contributed by atoms with Crippen LogP contribution in [0.25, 0.3) is 10.8 Å². The van der Waals surface area contributed by atoms with Gasteiger partial charge in [0.05, 0.1) is 18.7 Å². The Morgan fingerprint density at radius 3 is 2.34 bits per heavy atom. The highest BCUT2D eigenvalue weighted by Crippen LogP contribution is 2.43. The highest BCUT2D eigenvalue weighted by molar-refractivity contribution is 6.11. The minimum atomic E-state index is -1.96. The van der Waals surface area contributed by atoms with Crippen LogP contribution in [0.1, 0.15) is 27.9 Å². The number of aliphatic hydroxyl groups is 1. The van der Waals surface area contributed by atoms with E-state index in [0.29, 0.717) is 16.8 Å². The number of para-hydroxylation sites is 1. The first-order valence-corrected chi connectivity index (χ1v) is 10.4. The number of Topliss-reactive ketones (excluding diaryl/α,β-unsaturated/α-hetero) is 1. The van der Waals surface area contributed by atoms with Gasteiger partial charge < -0.3 is 10.0 Å². The molecule has 0 saturated carbocycles. The van der Waals surface area contributed by atoms with Crippen molar-refractivity contribution in [2.24, 2.45) is 0 Å². The molecule has 1 amide bonds. The second kappa shape index (κ2) is 7.70. The lowest BCUT2D eigenvalue weighted by Gasteiger charge is -2.23. The molecule has 1 atom stereocenters. The molecule has 1 heterocycles. The molecular formula is C27H20FNO3. The predicted octanol–water partition coefficient (Wildman–Crippen LogP) is 4.99. The molecule has 5 heteroatoms. The number of rotatable bonds is 5. The lowest BCUT2D eigenvalue weighted by Crippen LogP contribution is -2.41. The van der Waals surface area contributed by atoms with Crippen LogP contribution in [0.2, 0.25) is 0 Å². The van der Waals surface area contributed by atoms with Crippen LogP contribution in [0.15, 0.2) is 91.0 Å². The van der Waals surface area contributed by atoms with Crippen molar-refractivity contribution in [1.29, 1.82) is 0 Å². The maximum atomic E-state index is 13.4. The van der Waals surface area contributed by atoms with Gasteiger partial charge in [0.25, 0.3) is 5.91 Å². The van der Waals surface area contributed by atoms with E-state index in [2.05, 4.69) is 0 Å². The van der Waals surface area contributed by atoms with Gasteiger partial charge in [-0.2, -0.15) is 0 Å². The second-order valence-electron chi connectivity index (χ2n) is 8.06. The summed E-state index contributed by atoms with van der Waals surface area (Å²) in [5, 5.41) is 13.4. The number of benzene rings is 4. The fourth-order valence-electron chi connectivity index (χ4n) is 4.30. The Morgan fingerprint density at radius 2 is 1.56 bits per heavy atom. The summed E-state index contributed by atoms with van der Waals surface area (Å²) in [6.07, 6.45) is -0.360. The molecule has 32 heavy (non-hydrogen) atoms. The molecule has 4 aromatic rings. The lowest BCUT2D eigenvalue weighted by atomic mass is 9.88. The summed E-state index contributed by atoms with van der Waals surface area (Å²) in [6.45, 7) is 0.169. The number of nitrogens with zero attached hydrogens (tertiary/aromatic N) is 1. The SMILES string of the molecule is O=C(CC1(O)C(=O)N(Cc2ccc(F)cc2)c2ccccc21)c1ccc2ccccc2c1. The van der Waals surface area contributed by atoms with Crippen molar-refractivity contribution in [2.45, 2.75) is 18.6 Å². The Hall–Kier alpha value is -3.83. The van der Waals surface area contributed by atoms with Crippen LogP contribution in [-0.2, 0) is 16.9 Å². The van der Waals surface area contributed by atoms with E-state index in [0.717, 1.165) is 16.3 Å². The quantitative estimate of drug-likeness (QED) is 0.459. The smallest absolute Gasteiger partial charge is 0.264 e. The highest BCUT2D eigenvalue weighted by Gasteiger charge is 2.50. The zero-order valence-corrected chi connectivity index (χ0v) is 17.2. The van der Waals surface area contributed by atoms with Crippen LogP contribution >= 0.6 is 0 Å². The monoisotopic (exact) mass is 425 g/mol. The normalized spacial score (nSPS) is 17.6. The Labute approximate surface area is 184 Å². The number of fused-ring (bicyclic) bond motifs is 2. The van der Waals surface area contributed by atoms with Gasteiger partial charge in [0, 0.05) is 11.1 Å². The van der Waals surface area contributed by atoms with Crippen LogP contribution < -0.4 is 4.90 Å². The molecule has 0 saturated heterocycles. The minimum Gasteiger partial charge on any atom is -0.375 e. The molecule has 0 bridgehead atoms. The third-order valence-corrected chi connectivity index (χ3v) is 5.98. The summed E-state index contributed by atoms with van der Waals surface area (Å²) in [6, 6.07) is 25.9. The summed E-state index contributed by atoms with van der Waals surface area (Å²) >= 11 is 0. The van der Waals surface area contributed by atoms with E-state index in [-0.39, 0.29) is 24.6 Å². The molecule has 1 N–H and O–H groups in total. The van der Waals surface area contributed by atoms with Crippen molar-refractivity contribution in [1.82, 2.24) is 0 Å². The van der Waals surface area contributed by atoms with Gasteiger partial charge in [-0.3, -0.25) is 9.59 Å². The number of hydrogen-bond acceptors (Lipinski definition) is 3. The van der Waals surface area contributed by atoms with Gasteiger partial charge in [0.2, 0.25) is 0 Å². The molecule has 0 spiro atoms. The Kier molecular flexibility index (Phi) is 4.83. The standard InChI is InChI=1S/C27H20FNO3/c28-22-13-9-18(10-14-22)17-29-24-8-4-3-7-23(24)27(32,26(29)31)16-25(30)21-12-11-19-5-1-2-6-20(19)15-21/h1-15,32H,16-17H2. The number of carbonyl (C=O) groups is 2.